The Morgan fingerprint density at radius 1 is 0.891 bits per heavy atom. The van der Waals surface area contributed by atoms with Crippen molar-refractivity contribution in [1.82, 2.24) is 10.2 Å². The molecule has 7 nitrogen and oxygen atoms in total. The Hall–Kier alpha value is -1.89. The van der Waals surface area contributed by atoms with Gasteiger partial charge in [0.15, 0.2) is 0 Å². The second-order valence-electron chi connectivity index (χ2n) is 17.8. The summed E-state index contributed by atoms with van der Waals surface area (Å²) in [5.41, 5.74) is 1.40. The molecule has 0 unspecified atom stereocenters. The maximum atomic E-state index is 13.6. The molecule has 0 aromatic rings. The number of fused-ring (bicyclic) bond motifs is 7. The molecule has 5 aliphatic carbocycles. The van der Waals surface area contributed by atoms with Crippen molar-refractivity contribution in [3.63, 3.8) is 0 Å². The van der Waals surface area contributed by atoms with Crippen molar-refractivity contribution in [3.8, 4) is 0 Å². The quantitative estimate of drug-likeness (QED) is 0.259. The molecule has 0 aromatic heterocycles. The van der Waals surface area contributed by atoms with Gasteiger partial charge in [-0.25, -0.2) is 0 Å². The van der Waals surface area contributed by atoms with Gasteiger partial charge in [-0.1, -0.05) is 60.1 Å². The van der Waals surface area contributed by atoms with E-state index in [1.54, 1.807) is 12.7 Å². The Kier molecular flexibility index (Phi) is 8.80. The number of amides is 1. The number of nitrogens with zero attached hydrogens (tertiary/aromatic N) is 1. The molecule has 46 heavy (non-hydrogen) atoms. The van der Waals surface area contributed by atoms with Crippen LogP contribution < -0.4 is 5.32 Å². The highest BCUT2D eigenvalue weighted by atomic mass is 16.5. The van der Waals surface area contributed by atoms with Gasteiger partial charge < -0.3 is 19.7 Å². The number of allylic oxidation sites excluding steroid dienone is 2. The molecule has 0 aromatic carbocycles. The summed E-state index contributed by atoms with van der Waals surface area (Å²) in [6.07, 6.45) is 12.2. The van der Waals surface area contributed by atoms with Gasteiger partial charge in [0.1, 0.15) is 6.10 Å². The van der Waals surface area contributed by atoms with E-state index in [1.165, 1.54) is 0 Å². The molecule has 1 amide bonds. The van der Waals surface area contributed by atoms with Gasteiger partial charge in [0.05, 0.1) is 18.9 Å². The molecule has 258 valence electrons. The van der Waals surface area contributed by atoms with E-state index in [0.29, 0.717) is 36.8 Å². The fourth-order valence-corrected chi connectivity index (χ4v) is 12.7. The smallest absolute Gasteiger partial charge is 0.312 e. The summed E-state index contributed by atoms with van der Waals surface area (Å²) < 4.78 is 11.8. The Bertz CT molecular complexity index is 1250. The van der Waals surface area contributed by atoms with Crippen LogP contribution in [0, 0.1) is 56.7 Å². The molecule has 6 aliphatic rings. The molecule has 1 heterocycles. The Balaban J connectivity index is 1.21. The highest BCUT2D eigenvalue weighted by Gasteiger charge is 2.70. The van der Waals surface area contributed by atoms with Crippen LogP contribution >= 0.6 is 0 Å². The summed E-state index contributed by atoms with van der Waals surface area (Å²) in [4.78, 5) is 41.2. The van der Waals surface area contributed by atoms with Crippen LogP contribution in [0.25, 0.3) is 0 Å². The van der Waals surface area contributed by atoms with Gasteiger partial charge in [-0.05, 0) is 104 Å². The number of carbonyl (C=O) groups excluding carboxylic acids is 3. The number of nitrogens with one attached hydrogen (secondary N) is 1. The molecular formula is C39H62N2O5. The van der Waals surface area contributed by atoms with Crippen molar-refractivity contribution in [1.29, 1.82) is 0 Å². The number of methoxy groups -OCH3 is 1. The van der Waals surface area contributed by atoms with Crippen LogP contribution in [0.5, 0.6) is 0 Å². The summed E-state index contributed by atoms with van der Waals surface area (Å²) >= 11 is 0. The maximum absolute atomic E-state index is 13.6. The Morgan fingerprint density at radius 3 is 2.30 bits per heavy atom. The van der Waals surface area contributed by atoms with E-state index in [0.717, 1.165) is 70.9 Å². The summed E-state index contributed by atoms with van der Waals surface area (Å²) in [6.45, 7) is 20.2. The van der Waals surface area contributed by atoms with Gasteiger partial charge in [-0.15, -0.1) is 0 Å². The third kappa shape index (κ3) is 4.93. The molecule has 4 saturated carbocycles. The predicted molar refractivity (Wildman–Crippen MR) is 180 cm³/mol. The second-order valence-corrected chi connectivity index (χ2v) is 17.8. The number of hydrogen-bond donors (Lipinski definition) is 1. The van der Waals surface area contributed by atoms with Gasteiger partial charge in [0.2, 0.25) is 5.91 Å². The first kappa shape index (κ1) is 34.0. The van der Waals surface area contributed by atoms with E-state index in [1.807, 2.05) is 4.90 Å². The van der Waals surface area contributed by atoms with Crippen LogP contribution in [0.3, 0.4) is 0 Å². The lowest BCUT2D eigenvalue weighted by Crippen LogP contribution is -2.65. The number of ether oxygens (including phenoxy) is 2. The summed E-state index contributed by atoms with van der Waals surface area (Å²) in [6, 6.07) is 0. The molecule has 0 bridgehead atoms. The zero-order valence-corrected chi connectivity index (χ0v) is 30.1. The van der Waals surface area contributed by atoms with Crippen LogP contribution in [0.1, 0.15) is 119 Å². The lowest BCUT2D eigenvalue weighted by Gasteiger charge is -2.71. The lowest BCUT2D eigenvalue weighted by molar-refractivity contribution is -0.215. The maximum Gasteiger partial charge on any atom is 0.312 e. The van der Waals surface area contributed by atoms with E-state index >= 15 is 0 Å². The van der Waals surface area contributed by atoms with Crippen molar-refractivity contribution >= 4 is 17.8 Å². The number of hydrogen-bond acceptors (Lipinski definition) is 6. The minimum atomic E-state index is -0.379. The molecule has 6 rings (SSSR count). The topological polar surface area (TPSA) is 84.9 Å². The number of piperazine rings is 1. The molecule has 0 spiro atoms. The van der Waals surface area contributed by atoms with Gasteiger partial charge in [-0.2, -0.15) is 0 Å². The summed E-state index contributed by atoms with van der Waals surface area (Å²) in [5.74, 6) is 2.17. The van der Waals surface area contributed by atoms with Crippen molar-refractivity contribution < 1.29 is 23.9 Å². The van der Waals surface area contributed by atoms with Gasteiger partial charge in [-0.3, -0.25) is 14.4 Å². The average molecular weight is 639 g/mol. The zero-order valence-electron chi connectivity index (χ0n) is 30.1. The van der Waals surface area contributed by atoms with Crippen molar-refractivity contribution in [2.45, 2.75) is 125 Å². The molecule has 1 saturated heterocycles. The van der Waals surface area contributed by atoms with Gasteiger partial charge in [0, 0.05) is 38.0 Å². The van der Waals surface area contributed by atoms with Crippen LogP contribution in [0.4, 0.5) is 0 Å². The van der Waals surface area contributed by atoms with E-state index in [9.17, 15) is 14.4 Å². The van der Waals surface area contributed by atoms with Crippen molar-refractivity contribution in [2.75, 3.05) is 33.3 Å². The zero-order chi connectivity index (χ0) is 33.3. The highest BCUT2D eigenvalue weighted by Crippen LogP contribution is 2.76. The molecule has 5 fully saturated rings. The van der Waals surface area contributed by atoms with Gasteiger partial charge in [0.25, 0.3) is 0 Å². The number of esters is 2. The van der Waals surface area contributed by atoms with E-state index in [2.05, 4.69) is 59.9 Å². The first-order valence-electron chi connectivity index (χ1n) is 18.6. The van der Waals surface area contributed by atoms with Crippen molar-refractivity contribution in [3.05, 3.63) is 11.6 Å². The largest absolute Gasteiger partial charge is 0.469 e. The molecule has 1 N–H and O–H groups in total. The monoisotopic (exact) mass is 638 g/mol. The minimum Gasteiger partial charge on any atom is -0.469 e. The Labute approximate surface area is 278 Å². The third-order valence-electron chi connectivity index (χ3n) is 15.8. The fraction of sp³-hybridized carbons (Fsp3) is 0.872. The highest BCUT2D eigenvalue weighted by molar-refractivity contribution is 5.81. The summed E-state index contributed by atoms with van der Waals surface area (Å²) in [5, 5.41) is 3.28. The molecule has 7 heteroatoms. The van der Waals surface area contributed by atoms with Gasteiger partial charge >= 0.3 is 11.9 Å². The van der Waals surface area contributed by atoms with Crippen LogP contribution in [0.15, 0.2) is 11.6 Å². The fourth-order valence-electron chi connectivity index (χ4n) is 12.7. The minimum absolute atomic E-state index is 0.0185. The second kappa shape index (κ2) is 11.9. The predicted octanol–water partition coefficient (Wildman–Crippen LogP) is 6.94. The molecule has 0 radical (unpaired) electrons. The average Bonchev–Trinajstić information content (AvgIpc) is 3.03. The standard InChI is InChI=1S/C39H62N2O5/c1-25-13-18-39(34(44)45-8)20-19-37(6)27(33(39)26(25)2)9-10-29-36(5)16-15-30(35(3,4)28(36)14-17-38(29,37)7)46-32(43)12-11-31(42)41-23-21-40-22-24-41/h9,25-26,28-30,33,40H,10-24H2,1-8H3/t25-,26+,28+,29-,30+,33+,36+,37-,38-,39+/m1/s1. The normalized spacial score (nSPS) is 44.8. The van der Waals surface area contributed by atoms with E-state index in [4.69, 9.17) is 9.47 Å². The lowest BCUT2D eigenvalue weighted by atomic mass is 9.33. The molecule has 1 aliphatic heterocycles. The Morgan fingerprint density at radius 2 is 1.61 bits per heavy atom. The van der Waals surface area contributed by atoms with Crippen molar-refractivity contribution in [2.24, 2.45) is 56.7 Å². The van der Waals surface area contributed by atoms with Crippen LogP contribution in [-0.4, -0.2) is 62.1 Å². The molecular weight excluding hydrogens is 576 g/mol. The first-order chi connectivity index (χ1) is 21.7. The van der Waals surface area contributed by atoms with E-state index in [-0.39, 0.29) is 69.8 Å². The number of rotatable bonds is 5. The molecule has 10 atom stereocenters. The van der Waals surface area contributed by atoms with Crippen LogP contribution in [-0.2, 0) is 23.9 Å². The first-order valence-corrected chi connectivity index (χ1v) is 18.6. The number of carbonyl (C=O) groups is 3. The SMILES string of the molecule is COC(=O)[C@]12CC[C@@H](C)[C@H](C)[C@H]1C1=CC[C@@H]3[C@@]4(C)CC[C@H](OC(=O)CCC(=O)N5CCNCC5)C(C)(C)[C@@H]4CC[C@@]3(C)[C@]1(C)CC2. The third-order valence-corrected chi connectivity index (χ3v) is 15.8. The van der Waals surface area contributed by atoms with E-state index < -0.39 is 0 Å². The van der Waals surface area contributed by atoms with Crippen LogP contribution in [0.2, 0.25) is 0 Å². The summed E-state index contributed by atoms with van der Waals surface area (Å²) in [7, 11) is 1.59.